The summed E-state index contributed by atoms with van der Waals surface area (Å²) in [4.78, 5) is 14.4. The van der Waals surface area contributed by atoms with E-state index >= 15 is 0 Å². The summed E-state index contributed by atoms with van der Waals surface area (Å²) in [5.41, 5.74) is 2.21. The number of benzene rings is 3. The molecule has 0 radical (unpaired) electrons. The van der Waals surface area contributed by atoms with Crippen molar-refractivity contribution in [3.8, 4) is 5.75 Å². The van der Waals surface area contributed by atoms with Crippen molar-refractivity contribution in [2.75, 3.05) is 40.0 Å². The summed E-state index contributed by atoms with van der Waals surface area (Å²) >= 11 is 0. The number of hydrogen-bond donors (Lipinski definition) is 0. The fraction of sp³-hybridized carbons (Fsp3) is 0.414. The fourth-order valence-corrected chi connectivity index (χ4v) is 4.71. The Morgan fingerprint density at radius 2 is 1.83 bits per heavy atom. The first-order valence-electron chi connectivity index (χ1n) is 12.4. The molecule has 186 valence electrons. The molecular weight excluding hydrogens is 442 g/mol. The van der Waals surface area contributed by atoms with E-state index in [1.54, 1.807) is 7.11 Å². The Kier molecular flexibility index (Phi) is 8.74. The molecule has 0 amide bonds. The van der Waals surface area contributed by atoms with Crippen LogP contribution >= 0.6 is 0 Å². The number of ether oxygens (including phenoxy) is 4. The Bertz CT molecular complexity index is 1090. The van der Waals surface area contributed by atoms with Gasteiger partial charge in [0.05, 0.1) is 33.5 Å². The Labute approximate surface area is 207 Å². The van der Waals surface area contributed by atoms with Gasteiger partial charge < -0.3 is 18.9 Å². The molecule has 1 fully saturated rings. The van der Waals surface area contributed by atoms with Gasteiger partial charge in [0.1, 0.15) is 5.75 Å². The van der Waals surface area contributed by atoms with E-state index in [-0.39, 0.29) is 12.5 Å². The number of methoxy groups -OCH3 is 1. The maximum Gasteiger partial charge on any atom is 0.320 e. The zero-order chi connectivity index (χ0) is 24.5. The van der Waals surface area contributed by atoms with Crippen molar-refractivity contribution in [2.45, 2.75) is 38.5 Å². The molecule has 1 saturated heterocycles. The van der Waals surface area contributed by atoms with Crippen LogP contribution in [0.15, 0.2) is 66.7 Å². The summed E-state index contributed by atoms with van der Waals surface area (Å²) in [6.07, 6.45) is 2.37. The maximum atomic E-state index is 12.3. The molecule has 0 aromatic heterocycles. The molecule has 0 spiro atoms. The number of fused-ring (bicyclic) bond motifs is 1. The average Bonchev–Trinajstić information content (AvgIpc) is 2.89. The van der Waals surface area contributed by atoms with Gasteiger partial charge >= 0.3 is 5.97 Å². The summed E-state index contributed by atoms with van der Waals surface area (Å²) in [5, 5.41) is 2.19. The van der Waals surface area contributed by atoms with Crippen LogP contribution in [0.5, 0.6) is 5.75 Å². The molecule has 6 nitrogen and oxygen atoms in total. The number of rotatable bonds is 11. The topological polar surface area (TPSA) is 57.2 Å². The van der Waals surface area contributed by atoms with Gasteiger partial charge in [-0.05, 0) is 54.8 Å². The van der Waals surface area contributed by atoms with E-state index in [9.17, 15) is 4.79 Å². The van der Waals surface area contributed by atoms with Gasteiger partial charge in [-0.1, -0.05) is 54.6 Å². The lowest BCUT2D eigenvalue weighted by Gasteiger charge is -2.39. The molecule has 1 aliphatic rings. The smallest absolute Gasteiger partial charge is 0.320 e. The van der Waals surface area contributed by atoms with Crippen LogP contribution in [0.4, 0.5) is 0 Å². The molecule has 0 saturated carbocycles. The molecule has 0 bridgehead atoms. The standard InChI is InChI=1S/C29H35NO5/c1-3-33-28(31)22-30(21-23-10-5-4-6-11-23)17-8-16-29(34-18-9-19-35-29)27-13-7-12-24-20-25(32-2)14-15-26(24)27/h4-7,10-15,20H,3,8-9,16-19,21-22H2,1-2H3. The minimum Gasteiger partial charge on any atom is -0.497 e. The van der Waals surface area contributed by atoms with Crippen LogP contribution in [0.2, 0.25) is 0 Å². The van der Waals surface area contributed by atoms with Crippen molar-refractivity contribution in [3.05, 3.63) is 77.9 Å². The minimum atomic E-state index is -0.811. The maximum absolute atomic E-state index is 12.3. The lowest BCUT2D eigenvalue weighted by atomic mass is 9.93. The zero-order valence-electron chi connectivity index (χ0n) is 20.7. The molecule has 1 aliphatic heterocycles. The average molecular weight is 478 g/mol. The lowest BCUT2D eigenvalue weighted by molar-refractivity contribution is -0.279. The van der Waals surface area contributed by atoms with E-state index < -0.39 is 5.79 Å². The van der Waals surface area contributed by atoms with Gasteiger partial charge in [0.15, 0.2) is 5.79 Å². The van der Waals surface area contributed by atoms with Crippen LogP contribution in [0, 0.1) is 0 Å². The van der Waals surface area contributed by atoms with Gasteiger partial charge in [-0.2, -0.15) is 0 Å². The van der Waals surface area contributed by atoms with Crippen molar-refractivity contribution < 1.29 is 23.7 Å². The largest absolute Gasteiger partial charge is 0.497 e. The summed E-state index contributed by atoms with van der Waals surface area (Å²) in [6, 6.07) is 22.5. The third-order valence-electron chi connectivity index (χ3n) is 6.34. The predicted molar refractivity (Wildman–Crippen MR) is 136 cm³/mol. The summed E-state index contributed by atoms with van der Waals surface area (Å²) in [6.45, 7) is 5.19. The van der Waals surface area contributed by atoms with Crippen molar-refractivity contribution in [3.63, 3.8) is 0 Å². The van der Waals surface area contributed by atoms with Gasteiger partial charge in [0.25, 0.3) is 0 Å². The molecule has 4 rings (SSSR count). The highest BCUT2D eigenvalue weighted by Crippen LogP contribution is 2.39. The normalized spacial score (nSPS) is 15.3. The Morgan fingerprint density at radius 3 is 2.57 bits per heavy atom. The fourth-order valence-electron chi connectivity index (χ4n) is 4.71. The molecule has 35 heavy (non-hydrogen) atoms. The van der Waals surface area contributed by atoms with E-state index in [2.05, 4.69) is 35.2 Å². The molecule has 3 aromatic rings. The Hall–Kier alpha value is -2.93. The van der Waals surface area contributed by atoms with Crippen molar-refractivity contribution >= 4 is 16.7 Å². The third kappa shape index (κ3) is 6.40. The van der Waals surface area contributed by atoms with E-state index in [1.807, 2.05) is 43.3 Å². The van der Waals surface area contributed by atoms with Crippen LogP contribution in [0.25, 0.3) is 10.8 Å². The van der Waals surface area contributed by atoms with Crippen LogP contribution in [-0.4, -0.2) is 50.9 Å². The first-order chi connectivity index (χ1) is 17.1. The first kappa shape index (κ1) is 25.2. The minimum absolute atomic E-state index is 0.202. The highest BCUT2D eigenvalue weighted by atomic mass is 16.7. The predicted octanol–water partition coefficient (Wildman–Crippen LogP) is 5.28. The van der Waals surface area contributed by atoms with Crippen molar-refractivity contribution in [1.82, 2.24) is 4.90 Å². The number of nitrogens with zero attached hydrogens (tertiary/aromatic N) is 1. The number of hydrogen-bond acceptors (Lipinski definition) is 6. The second-order valence-electron chi connectivity index (χ2n) is 8.80. The highest BCUT2D eigenvalue weighted by molar-refractivity contribution is 5.87. The molecule has 0 aliphatic carbocycles. The van der Waals surface area contributed by atoms with Gasteiger partial charge in [-0.15, -0.1) is 0 Å². The number of carbonyl (C=O) groups excluding carboxylic acids is 1. The first-order valence-corrected chi connectivity index (χ1v) is 12.4. The molecule has 0 N–H and O–H groups in total. The van der Waals surface area contributed by atoms with Crippen LogP contribution < -0.4 is 4.74 Å². The quantitative estimate of drug-likeness (QED) is 0.350. The number of esters is 1. The SMILES string of the molecule is CCOC(=O)CN(CCCC1(c2cccc3cc(OC)ccc23)OCCCO1)Cc1ccccc1. The summed E-state index contributed by atoms with van der Waals surface area (Å²) in [7, 11) is 1.68. The molecular formula is C29H35NO5. The molecule has 3 aromatic carbocycles. The van der Waals surface area contributed by atoms with Crippen LogP contribution in [0.3, 0.4) is 0 Å². The second kappa shape index (κ2) is 12.2. The second-order valence-corrected chi connectivity index (χ2v) is 8.80. The third-order valence-corrected chi connectivity index (χ3v) is 6.34. The summed E-state index contributed by atoms with van der Waals surface area (Å²) in [5.74, 6) is -0.190. The van der Waals surface area contributed by atoms with Gasteiger partial charge in [0, 0.05) is 18.5 Å². The van der Waals surface area contributed by atoms with E-state index in [0.717, 1.165) is 41.5 Å². The highest BCUT2D eigenvalue weighted by Gasteiger charge is 2.37. The van der Waals surface area contributed by atoms with Crippen LogP contribution in [0.1, 0.15) is 37.3 Å². The monoisotopic (exact) mass is 477 g/mol. The van der Waals surface area contributed by atoms with E-state index in [0.29, 0.717) is 32.8 Å². The van der Waals surface area contributed by atoms with Gasteiger partial charge in [-0.3, -0.25) is 9.69 Å². The van der Waals surface area contributed by atoms with E-state index in [1.165, 1.54) is 5.56 Å². The van der Waals surface area contributed by atoms with Crippen molar-refractivity contribution in [1.29, 1.82) is 0 Å². The van der Waals surface area contributed by atoms with Gasteiger partial charge in [-0.25, -0.2) is 0 Å². The zero-order valence-corrected chi connectivity index (χ0v) is 20.7. The van der Waals surface area contributed by atoms with Gasteiger partial charge in [0.2, 0.25) is 0 Å². The van der Waals surface area contributed by atoms with E-state index in [4.69, 9.17) is 18.9 Å². The number of carbonyl (C=O) groups is 1. The van der Waals surface area contributed by atoms with Crippen molar-refractivity contribution in [2.24, 2.45) is 0 Å². The van der Waals surface area contributed by atoms with Crippen LogP contribution in [-0.2, 0) is 31.3 Å². The molecule has 0 unspecified atom stereocenters. The molecule has 0 atom stereocenters. The summed E-state index contributed by atoms with van der Waals surface area (Å²) < 4.78 is 23.4. The molecule has 1 heterocycles. The molecule has 6 heteroatoms. The lowest BCUT2D eigenvalue weighted by Crippen LogP contribution is -2.39. The Balaban J connectivity index is 1.53. The Morgan fingerprint density at radius 1 is 1.03 bits per heavy atom.